The summed E-state index contributed by atoms with van der Waals surface area (Å²) in [5.74, 6) is -2.58. The molecule has 4 rings (SSSR count). The fourth-order valence-electron chi connectivity index (χ4n) is 4.11. The minimum Gasteiger partial charge on any atom is -0.463 e. The van der Waals surface area contributed by atoms with Crippen LogP contribution in [0.2, 0.25) is 0 Å². The maximum atomic E-state index is 13.2. The van der Waals surface area contributed by atoms with Crippen molar-refractivity contribution < 1.29 is 41.4 Å². The van der Waals surface area contributed by atoms with Gasteiger partial charge in [0.1, 0.15) is 5.58 Å². The largest absolute Gasteiger partial charge is 0.573 e. The number of benzene rings is 3. The summed E-state index contributed by atoms with van der Waals surface area (Å²) in [6, 6.07) is 14.2. The number of rotatable bonds is 9. The van der Waals surface area contributed by atoms with Crippen LogP contribution in [0.3, 0.4) is 0 Å². The lowest BCUT2D eigenvalue weighted by Crippen LogP contribution is -2.18. The summed E-state index contributed by atoms with van der Waals surface area (Å²) >= 11 is 0. The van der Waals surface area contributed by atoms with Crippen LogP contribution in [0.4, 0.5) is 13.2 Å². The van der Waals surface area contributed by atoms with Gasteiger partial charge in [-0.1, -0.05) is 43.5 Å². The van der Waals surface area contributed by atoms with Crippen molar-refractivity contribution in [2.24, 2.45) is 0 Å². The molecule has 0 amide bonds. The lowest BCUT2D eigenvalue weighted by Gasteiger charge is -2.12. The summed E-state index contributed by atoms with van der Waals surface area (Å²) < 4.78 is 59.7. The number of carbonyl (C=O) groups excluding carboxylic acids is 2. The average Bonchev–Trinajstić information content (AvgIpc) is 3.27. The first-order valence-electron chi connectivity index (χ1n) is 11.6. The summed E-state index contributed by atoms with van der Waals surface area (Å²) in [5, 5.41) is 0.959. The SMILES string of the molecule is C=CC(=O)OCCCc1ccc(-c2ccc3c(oc4c(OC(F)(F)F)c(OC(=O)C=C)ccc43)c2C)cc1. The topological polar surface area (TPSA) is 75.0 Å². The average molecular weight is 524 g/mol. The molecular weight excluding hydrogens is 501 g/mol. The van der Waals surface area contributed by atoms with E-state index in [9.17, 15) is 22.8 Å². The normalized spacial score (nSPS) is 11.4. The highest BCUT2D eigenvalue weighted by atomic mass is 19.4. The molecule has 38 heavy (non-hydrogen) atoms. The van der Waals surface area contributed by atoms with Gasteiger partial charge in [0.15, 0.2) is 11.3 Å². The van der Waals surface area contributed by atoms with E-state index in [1.165, 1.54) is 12.1 Å². The molecule has 1 heterocycles. The van der Waals surface area contributed by atoms with Crippen LogP contribution < -0.4 is 9.47 Å². The van der Waals surface area contributed by atoms with Crippen LogP contribution in [0.5, 0.6) is 11.5 Å². The van der Waals surface area contributed by atoms with Crippen LogP contribution >= 0.6 is 0 Å². The number of ether oxygens (including phenoxy) is 3. The first kappa shape index (κ1) is 26.5. The second-order valence-electron chi connectivity index (χ2n) is 8.33. The molecule has 6 nitrogen and oxygen atoms in total. The Balaban J connectivity index is 1.68. The molecule has 9 heteroatoms. The van der Waals surface area contributed by atoms with Crippen LogP contribution in [0.25, 0.3) is 33.1 Å². The van der Waals surface area contributed by atoms with Gasteiger partial charge in [-0.15, -0.1) is 13.2 Å². The van der Waals surface area contributed by atoms with Crippen molar-refractivity contribution in [3.8, 4) is 22.6 Å². The van der Waals surface area contributed by atoms with Gasteiger partial charge in [0.05, 0.1) is 6.61 Å². The molecular formula is C29H23F3O6. The van der Waals surface area contributed by atoms with Gasteiger partial charge < -0.3 is 18.6 Å². The minimum atomic E-state index is -5.04. The lowest BCUT2D eigenvalue weighted by atomic mass is 9.96. The summed E-state index contributed by atoms with van der Waals surface area (Å²) in [5.41, 5.74) is 3.68. The quantitative estimate of drug-likeness (QED) is 0.0997. The Kier molecular flexibility index (Phi) is 7.57. The smallest absolute Gasteiger partial charge is 0.463 e. The van der Waals surface area contributed by atoms with Crippen LogP contribution in [-0.4, -0.2) is 24.9 Å². The van der Waals surface area contributed by atoms with Crippen LogP contribution in [0, 0.1) is 6.92 Å². The van der Waals surface area contributed by atoms with Gasteiger partial charge in [-0.2, -0.15) is 0 Å². The summed E-state index contributed by atoms with van der Waals surface area (Å²) in [7, 11) is 0. The number of hydrogen-bond donors (Lipinski definition) is 0. The van der Waals surface area contributed by atoms with Crippen molar-refractivity contribution in [3.05, 3.63) is 85.0 Å². The minimum absolute atomic E-state index is 0.195. The maximum Gasteiger partial charge on any atom is 0.573 e. The molecule has 1 aromatic heterocycles. The first-order valence-corrected chi connectivity index (χ1v) is 11.6. The van der Waals surface area contributed by atoms with Crippen molar-refractivity contribution in [3.63, 3.8) is 0 Å². The number of hydrogen-bond acceptors (Lipinski definition) is 6. The Labute approximate surface area is 215 Å². The highest BCUT2D eigenvalue weighted by molar-refractivity contribution is 6.10. The van der Waals surface area contributed by atoms with E-state index >= 15 is 0 Å². The monoisotopic (exact) mass is 524 g/mol. The highest BCUT2D eigenvalue weighted by Crippen LogP contribution is 2.45. The third-order valence-electron chi connectivity index (χ3n) is 5.86. The molecule has 0 aliphatic heterocycles. The van der Waals surface area contributed by atoms with Crippen LogP contribution in [0.1, 0.15) is 17.5 Å². The highest BCUT2D eigenvalue weighted by Gasteiger charge is 2.35. The van der Waals surface area contributed by atoms with Crippen molar-refractivity contribution in [2.45, 2.75) is 26.1 Å². The van der Waals surface area contributed by atoms with Gasteiger partial charge in [0.25, 0.3) is 0 Å². The Morgan fingerprint density at radius 3 is 2.24 bits per heavy atom. The lowest BCUT2D eigenvalue weighted by molar-refractivity contribution is -0.274. The van der Waals surface area contributed by atoms with Gasteiger partial charge in [0, 0.05) is 28.5 Å². The molecule has 196 valence electrons. The molecule has 0 saturated carbocycles. The van der Waals surface area contributed by atoms with Crippen LogP contribution in [-0.2, 0) is 20.7 Å². The molecule has 0 saturated heterocycles. The fraction of sp³-hybridized carbons (Fsp3) is 0.172. The number of alkyl halides is 3. The second kappa shape index (κ2) is 10.8. The van der Waals surface area contributed by atoms with Gasteiger partial charge in [-0.25, -0.2) is 9.59 Å². The third kappa shape index (κ3) is 5.72. The zero-order chi connectivity index (χ0) is 27.4. The number of esters is 2. The van der Waals surface area contributed by atoms with Gasteiger partial charge in [-0.3, -0.25) is 0 Å². The Morgan fingerprint density at radius 2 is 1.58 bits per heavy atom. The maximum absolute atomic E-state index is 13.2. The number of carbonyl (C=O) groups is 2. The van der Waals surface area contributed by atoms with Gasteiger partial charge in [0.2, 0.25) is 5.75 Å². The number of halogens is 3. The number of aryl methyl sites for hydroxylation is 2. The van der Waals surface area contributed by atoms with E-state index < -0.39 is 29.8 Å². The Bertz CT molecular complexity index is 1530. The molecule has 0 N–H and O–H groups in total. The molecule has 0 unspecified atom stereocenters. The molecule has 0 fully saturated rings. The van der Waals surface area contributed by atoms with Crippen molar-refractivity contribution in [2.75, 3.05) is 6.61 Å². The van der Waals surface area contributed by atoms with E-state index in [4.69, 9.17) is 13.9 Å². The van der Waals surface area contributed by atoms with E-state index in [0.29, 0.717) is 41.4 Å². The zero-order valence-corrected chi connectivity index (χ0v) is 20.4. The molecule has 0 aliphatic carbocycles. The summed E-state index contributed by atoms with van der Waals surface area (Å²) in [6.45, 7) is 8.72. The zero-order valence-electron chi connectivity index (χ0n) is 20.4. The standard InChI is InChI=1S/C29H23F3O6/c1-4-24(33)35-16-6-7-18-8-10-19(11-9-18)20-12-13-21-22-14-15-23(36-25(34)5-2)28(38-29(30,31)32)27(22)37-26(21)17(20)3/h4-5,8-15H,1-2,6-7,16H2,3H3. The van der Waals surface area contributed by atoms with Crippen molar-refractivity contribution >= 4 is 33.9 Å². The second-order valence-corrected chi connectivity index (χ2v) is 8.33. The fourth-order valence-corrected chi connectivity index (χ4v) is 4.11. The Morgan fingerprint density at radius 1 is 0.921 bits per heavy atom. The van der Waals surface area contributed by atoms with Gasteiger partial charge in [-0.05, 0) is 54.7 Å². The van der Waals surface area contributed by atoms with Crippen molar-refractivity contribution in [1.29, 1.82) is 0 Å². The van der Waals surface area contributed by atoms with E-state index in [1.54, 1.807) is 6.07 Å². The van der Waals surface area contributed by atoms with Crippen molar-refractivity contribution in [1.82, 2.24) is 0 Å². The number of furan rings is 1. The van der Waals surface area contributed by atoms with E-state index in [1.807, 2.05) is 37.3 Å². The molecule has 0 spiro atoms. The van der Waals surface area contributed by atoms with Gasteiger partial charge >= 0.3 is 18.3 Å². The van der Waals surface area contributed by atoms with Crippen LogP contribution in [0.15, 0.2) is 78.3 Å². The molecule has 0 aliphatic rings. The molecule has 4 aromatic rings. The molecule has 0 radical (unpaired) electrons. The summed E-state index contributed by atoms with van der Waals surface area (Å²) in [6.07, 6.45) is -1.71. The summed E-state index contributed by atoms with van der Waals surface area (Å²) in [4.78, 5) is 22.8. The number of fused-ring (bicyclic) bond motifs is 3. The van der Waals surface area contributed by atoms with E-state index in [2.05, 4.69) is 17.9 Å². The molecule has 3 aromatic carbocycles. The molecule has 0 bridgehead atoms. The first-order chi connectivity index (χ1) is 18.1. The Hall–Kier alpha value is -4.53. The van der Waals surface area contributed by atoms with E-state index in [0.717, 1.165) is 28.8 Å². The predicted molar refractivity (Wildman–Crippen MR) is 136 cm³/mol. The van der Waals surface area contributed by atoms with E-state index in [-0.39, 0.29) is 5.58 Å². The third-order valence-corrected chi connectivity index (χ3v) is 5.86. The predicted octanol–water partition coefficient (Wildman–Crippen LogP) is 7.21. The molecule has 0 atom stereocenters.